The lowest BCUT2D eigenvalue weighted by Gasteiger charge is -2.19. The fraction of sp³-hybridized carbons (Fsp3) is 0.136. The molecule has 8 nitrogen and oxygen atoms in total. The topological polar surface area (TPSA) is 104 Å². The average Bonchev–Trinajstić information content (AvgIpc) is 3.28. The molecular weight excluding hydrogens is 384 g/mol. The number of nitrogens with zero attached hydrogens (tertiary/aromatic N) is 1. The highest BCUT2D eigenvalue weighted by molar-refractivity contribution is 6.12. The summed E-state index contributed by atoms with van der Waals surface area (Å²) in [6, 6.07) is 16.4. The maximum absolute atomic E-state index is 12.9. The fourth-order valence-corrected chi connectivity index (χ4v) is 2.84. The average molecular weight is 406 g/mol. The molecule has 0 saturated heterocycles. The number of amides is 4. The highest BCUT2D eigenvalue weighted by Gasteiger charge is 2.21. The number of rotatable bonds is 6. The smallest absolute Gasteiger partial charge is 0.319 e. The lowest BCUT2D eigenvalue weighted by Crippen LogP contribution is -2.28. The lowest BCUT2D eigenvalue weighted by molar-refractivity contribution is 0.0966. The van der Waals surface area contributed by atoms with Gasteiger partial charge in [-0.3, -0.25) is 9.59 Å². The van der Waals surface area contributed by atoms with Gasteiger partial charge in [-0.1, -0.05) is 18.2 Å². The van der Waals surface area contributed by atoms with Crippen LogP contribution in [0.5, 0.6) is 0 Å². The zero-order chi connectivity index (χ0) is 21.5. The minimum Gasteiger partial charge on any atom is -0.459 e. The maximum atomic E-state index is 12.9. The predicted molar refractivity (Wildman–Crippen MR) is 115 cm³/mol. The molecule has 0 radical (unpaired) electrons. The van der Waals surface area contributed by atoms with Gasteiger partial charge in [-0.05, 0) is 49.4 Å². The molecule has 1 heterocycles. The van der Waals surface area contributed by atoms with Crippen molar-refractivity contribution in [2.24, 2.45) is 0 Å². The van der Waals surface area contributed by atoms with Crippen molar-refractivity contribution in [2.75, 3.05) is 29.1 Å². The summed E-state index contributed by atoms with van der Waals surface area (Å²) in [5, 5.41) is 8.13. The highest BCUT2D eigenvalue weighted by atomic mass is 16.3. The van der Waals surface area contributed by atoms with Crippen LogP contribution in [0.15, 0.2) is 71.3 Å². The molecule has 1 aromatic heterocycles. The van der Waals surface area contributed by atoms with Crippen molar-refractivity contribution in [3.8, 4) is 0 Å². The molecule has 0 spiro atoms. The largest absolute Gasteiger partial charge is 0.459 e. The van der Waals surface area contributed by atoms with Gasteiger partial charge in [0, 0.05) is 25.0 Å². The third-order valence-electron chi connectivity index (χ3n) is 4.26. The summed E-state index contributed by atoms with van der Waals surface area (Å²) in [4.78, 5) is 38.6. The Balaban J connectivity index is 1.78. The monoisotopic (exact) mass is 406 g/mol. The molecule has 0 aliphatic rings. The Labute approximate surface area is 173 Å². The third-order valence-corrected chi connectivity index (χ3v) is 4.26. The lowest BCUT2D eigenvalue weighted by atomic mass is 10.1. The Morgan fingerprint density at radius 1 is 0.933 bits per heavy atom. The first kappa shape index (κ1) is 20.7. The Bertz CT molecular complexity index is 1050. The van der Waals surface area contributed by atoms with Gasteiger partial charge in [-0.25, -0.2) is 4.79 Å². The molecule has 0 aliphatic carbocycles. The zero-order valence-corrected chi connectivity index (χ0v) is 16.6. The second-order valence-corrected chi connectivity index (χ2v) is 6.38. The third kappa shape index (κ3) is 4.85. The van der Waals surface area contributed by atoms with E-state index in [1.807, 2.05) is 6.92 Å². The van der Waals surface area contributed by atoms with Gasteiger partial charge in [-0.15, -0.1) is 0 Å². The van der Waals surface area contributed by atoms with Crippen LogP contribution in [0.25, 0.3) is 0 Å². The standard InChI is InChI=1S/C22H22N4O4/c1-3-23-22(29)25-16-9-6-8-15(14-16)24-20(27)17-10-4-5-11-18(17)26(2)21(28)19-12-7-13-30-19/h4-14H,3H2,1-2H3,(H,24,27)(H2,23,25,29). The Kier molecular flexibility index (Phi) is 6.49. The molecule has 3 rings (SSSR count). The summed E-state index contributed by atoms with van der Waals surface area (Å²) in [6.45, 7) is 2.32. The number of carbonyl (C=O) groups is 3. The van der Waals surface area contributed by atoms with E-state index in [1.54, 1.807) is 67.7 Å². The molecule has 4 amide bonds. The van der Waals surface area contributed by atoms with E-state index in [1.165, 1.54) is 11.2 Å². The number of hydrogen-bond donors (Lipinski definition) is 3. The fourth-order valence-electron chi connectivity index (χ4n) is 2.84. The summed E-state index contributed by atoms with van der Waals surface area (Å²) in [5.41, 5.74) is 1.80. The molecule has 3 aromatic rings. The zero-order valence-electron chi connectivity index (χ0n) is 16.6. The first-order chi connectivity index (χ1) is 14.5. The summed E-state index contributed by atoms with van der Waals surface area (Å²) >= 11 is 0. The Morgan fingerprint density at radius 2 is 1.67 bits per heavy atom. The van der Waals surface area contributed by atoms with Gasteiger partial charge in [0.15, 0.2) is 5.76 Å². The summed E-state index contributed by atoms with van der Waals surface area (Å²) < 4.78 is 5.16. The first-order valence-corrected chi connectivity index (χ1v) is 9.36. The number of nitrogens with one attached hydrogen (secondary N) is 3. The van der Waals surface area contributed by atoms with Crippen molar-refractivity contribution >= 4 is 34.9 Å². The summed E-state index contributed by atoms with van der Waals surface area (Å²) in [5.74, 6) is -0.579. The molecule has 30 heavy (non-hydrogen) atoms. The second-order valence-electron chi connectivity index (χ2n) is 6.38. The second kappa shape index (κ2) is 9.42. The van der Waals surface area contributed by atoms with Crippen LogP contribution < -0.4 is 20.9 Å². The van der Waals surface area contributed by atoms with Gasteiger partial charge >= 0.3 is 6.03 Å². The Hall–Kier alpha value is -4.07. The van der Waals surface area contributed by atoms with E-state index in [9.17, 15) is 14.4 Å². The van der Waals surface area contributed by atoms with Gasteiger partial charge in [0.25, 0.3) is 11.8 Å². The van der Waals surface area contributed by atoms with Crippen LogP contribution in [0, 0.1) is 0 Å². The van der Waals surface area contributed by atoms with E-state index in [4.69, 9.17) is 4.42 Å². The molecule has 0 aliphatic heterocycles. The molecule has 2 aromatic carbocycles. The Morgan fingerprint density at radius 3 is 2.37 bits per heavy atom. The van der Waals surface area contributed by atoms with Gasteiger partial charge in [0.1, 0.15) is 0 Å². The van der Waals surface area contributed by atoms with Crippen molar-refractivity contribution in [1.82, 2.24) is 5.32 Å². The van der Waals surface area contributed by atoms with Crippen molar-refractivity contribution in [2.45, 2.75) is 6.92 Å². The molecule has 0 bridgehead atoms. The molecule has 154 valence electrons. The summed E-state index contributed by atoms with van der Waals surface area (Å²) in [6.07, 6.45) is 1.42. The number of furan rings is 1. The van der Waals surface area contributed by atoms with Crippen LogP contribution in [0.1, 0.15) is 27.8 Å². The van der Waals surface area contributed by atoms with Crippen LogP contribution in [0.2, 0.25) is 0 Å². The minimum absolute atomic E-state index is 0.178. The highest BCUT2D eigenvalue weighted by Crippen LogP contribution is 2.23. The van der Waals surface area contributed by atoms with E-state index < -0.39 is 0 Å². The van der Waals surface area contributed by atoms with Gasteiger partial charge in [0.05, 0.1) is 17.5 Å². The van der Waals surface area contributed by atoms with Crippen molar-refractivity contribution in [1.29, 1.82) is 0 Å². The molecule has 0 saturated carbocycles. The van der Waals surface area contributed by atoms with Crippen LogP contribution >= 0.6 is 0 Å². The molecule has 0 atom stereocenters. The van der Waals surface area contributed by atoms with Gasteiger partial charge < -0.3 is 25.3 Å². The predicted octanol–water partition coefficient (Wildman–Crippen LogP) is 3.95. The molecule has 3 N–H and O–H groups in total. The SMILES string of the molecule is CCNC(=O)Nc1cccc(NC(=O)c2ccccc2N(C)C(=O)c2ccco2)c1. The van der Waals surface area contributed by atoms with Crippen molar-refractivity contribution in [3.63, 3.8) is 0 Å². The van der Waals surface area contributed by atoms with E-state index >= 15 is 0 Å². The number of anilines is 3. The summed E-state index contributed by atoms with van der Waals surface area (Å²) in [7, 11) is 1.58. The molecular formula is C22H22N4O4. The van der Waals surface area contributed by atoms with Gasteiger partial charge in [0.2, 0.25) is 0 Å². The van der Waals surface area contributed by atoms with Crippen LogP contribution in [0.3, 0.4) is 0 Å². The van der Waals surface area contributed by atoms with E-state index in [0.717, 1.165) is 0 Å². The molecule has 8 heteroatoms. The van der Waals surface area contributed by atoms with Gasteiger partial charge in [-0.2, -0.15) is 0 Å². The number of benzene rings is 2. The molecule has 0 fully saturated rings. The van der Waals surface area contributed by atoms with Crippen LogP contribution in [-0.2, 0) is 0 Å². The minimum atomic E-state index is -0.389. The van der Waals surface area contributed by atoms with E-state index in [2.05, 4.69) is 16.0 Å². The van der Waals surface area contributed by atoms with Crippen LogP contribution in [0.4, 0.5) is 21.9 Å². The molecule has 0 unspecified atom stereocenters. The number of para-hydroxylation sites is 1. The number of urea groups is 1. The number of hydrogen-bond acceptors (Lipinski definition) is 4. The quantitative estimate of drug-likeness (QED) is 0.577. The van der Waals surface area contributed by atoms with Crippen LogP contribution in [-0.4, -0.2) is 31.4 Å². The first-order valence-electron chi connectivity index (χ1n) is 9.36. The van der Waals surface area contributed by atoms with Crippen molar-refractivity contribution < 1.29 is 18.8 Å². The maximum Gasteiger partial charge on any atom is 0.319 e. The van der Waals surface area contributed by atoms with E-state index in [0.29, 0.717) is 29.2 Å². The number of carbonyl (C=O) groups excluding carboxylic acids is 3. The normalized spacial score (nSPS) is 10.2. The van der Waals surface area contributed by atoms with E-state index in [-0.39, 0.29) is 23.6 Å². The van der Waals surface area contributed by atoms with Crippen molar-refractivity contribution in [3.05, 3.63) is 78.3 Å².